The quantitative estimate of drug-likeness (QED) is 0.509. The van der Waals surface area contributed by atoms with Gasteiger partial charge in [0, 0.05) is 12.4 Å². The Balaban J connectivity index is 2.32. The third-order valence-corrected chi connectivity index (χ3v) is 4.24. The number of carboxylic acids is 2. The van der Waals surface area contributed by atoms with Crippen LogP contribution in [0.2, 0.25) is 0 Å². The van der Waals surface area contributed by atoms with Crippen LogP contribution in [0, 0.1) is 5.82 Å². The molecule has 9 heteroatoms. The molecular weight excluding hydrogens is 345 g/mol. The largest absolute Gasteiger partial charge is 0.550 e. The number of hydrogen-bond donors (Lipinski definition) is 0. The molecule has 6 nitrogen and oxygen atoms in total. The third kappa shape index (κ3) is 3.93. The molecule has 1 fully saturated rings. The van der Waals surface area contributed by atoms with Crippen LogP contribution in [-0.2, 0) is 14.4 Å². The molecule has 0 saturated carbocycles. The molecule has 2 rings (SSSR count). The van der Waals surface area contributed by atoms with Crippen LogP contribution in [0.5, 0.6) is 0 Å². The van der Waals surface area contributed by atoms with Crippen LogP contribution in [0.1, 0.15) is 12.0 Å². The smallest absolute Gasteiger partial charge is 0.266 e. The highest BCUT2D eigenvalue weighted by Crippen LogP contribution is 2.34. The topological polar surface area (TPSA) is 101 Å². The summed E-state index contributed by atoms with van der Waals surface area (Å²) in [6.07, 6.45) is 0.399. The van der Waals surface area contributed by atoms with E-state index in [1.807, 2.05) is 0 Å². The number of halogens is 1. The molecule has 23 heavy (non-hydrogen) atoms. The Morgan fingerprint density at radius 3 is 2.65 bits per heavy atom. The Kier molecular flexibility index (Phi) is 5.12. The summed E-state index contributed by atoms with van der Waals surface area (Å²) in [5.41, 5.74) is 0.385. The van der Waals surface area contributed by atoms with Gasteiger partial charge in [-0.2, -0.15) is 0 Å². The van der Waals surface area contributed by atoms with E-state index in [4.69, 9.17) is 12.2 Å². The lowest BCUT2D eigenvalue weighted by Crippen LogP contribution is -2.52. The minimum atomic E-state index is -1.76. The van der Waals surface area contributed by atoms with E-state index in [9.17, 15) is 29.0 Å². The van der Waals surface area contributed by atoms with Gasteiger partial charge in [0.15, 0.2) is 0 Å². The first-order chi connectivity index (χ1) is 10.8. The molecule has 0 spiro atoms. The number of thioether (sulfide) groups is 1. The number of nitrogens with zero attached hydrogens (tertiary/aromatic N) is 1. The van der Waals surface area contributed by atoms with Gasteiger partial charge in [-0.3, -0.25) is 9.69 Å². The number of benzene rings is 1. The monoisotopic (exact) mass is 353 g/mol. The van der Waals surface area contributed by atoms with Crippen molar-refractivity contribution >= 4 is 52.2 Å². The summed E-state index contributed by atoms with van der Waals surface area (Å²) < 4.78 is 13.0. The van der Waals surface area contributed by atoms with Crippen molar-refractivity contribution in [2.75, 3.05) is 0 Å². The van der Waals surface area contributed by atoms with Crippen molar-refractivity contribution in [2.24, 2.45) is 0 Å². The van der Waals surface area contributed by atoms with Gasteiger partial charge in [0.1, 0.15) is 10.1 Å². The first kappa shape index (κ1) is 17.1. The molecule has 1 amide bonds. The lowest BCUT2D eigenvalue weighted by Gasteiger charge is -2.27. The fourth-order valence-corrected chi connectivity index (χ4v) is 3.29. The van der Waals surface area contributed by atoms with Crippen LogP contribution in [0.15, 0.2) is 29.2 Å². The predicted molar refractivity (Wildman–Crippen MR) is 79.8 cm³/mol. The van der Waals surface area contributed by atoms with Crippen molar-refractivity contribution in [2.45, 2.75) is 12.5 Å². The Bertz CT molecular complexity index is 734. The first-order valence-corrected chi connectivity index (χ1v) is 7.45. The normalized spacial score (nSPS) is 17.6. The summed E-state index contributed by atoms with van der Waals surface area (Å²) in [4.78, 5) is 34.7. The minimum absolute atomic E-state index is 0.0604. The Morgan fingerprint density at radius 2 is 2.09 bits per heavy atom. The zero-order valence-electron chi connectivity index (χ0n) is 11.4. The lowest BCUT2D eigenvalue weighted by molar-refractivity contribution is -0.319. The molecule has 1 aliphatic rings. The van der Waals surface area contributed by atoms with Crippen molar-refractivity contribution in [3.05, 3.63) is 40.6 Å². The van der Waals surface area contributed by atoms with Gasteiger partial charge in [-0.25, -0.2) is 4.39 Å². The fraction of sp³-hybridized carbons (Fsp3) is 0.143. The van der Waals surface area contributed by atoms with E-state index in [2.05, 4.69) is 0 Å². The van der Waals surface area contributed by atoms with E-state index in [0.717, 1.165) is 11.8 Å². The number of carboxylic acid groups (broad SMARTS) is 2. The molecule has 0 N–H and O–H groups in total. The zero-order chi connectivity index (χ0) is 17.1. The van der Waals surface area contributed by atoms with Crippen molar-refractivity contribution in [1.82, 2.24) is 4.90 Å². The maximum Gasteiger partial charge on any atom is 0.266 e. The van der Waals surface area contributed by atoms with Crippen LogP contribution in [0.25, 0.3) is 6.08 Å². The first-order valence-electron chi connectivity index (χ1n) is 6.23. The summed E-state index contributed by atoms with van der Waals surface area (Å²) in [5.74, 6) is -4.68. The van der Waals surface area contributed by atoms with Crippen molar-refractivity contribution in [3.8, 4) is 0 Å². The van der Waals surface area contributed by atoms with E-state index >= 15 is 0 Å². The Hall–Kier alpha value is -2.26. The van der Waals surface area contributed by atoms with Gasteiger partial charge < -0.3 is 19.8 Å². The molecule has 1 atom stereocenters. The highest BCUT2D eigenvalue weighted by Gasteiger charge is 2.37. The van der Waals surface area contributed by atoms with Crippen molar-refractivity contribution < 1.29 is 29.0 Å². The predicted octanol–water partition coefficient (Wildman–Crippen LogP) is -0.715. The van der Waals surface area contributed by atoms with Crippen molar-refractivity contribution in [1.29, 1.82) is 0 Å². The molecule has 0 unspecified atom stereocenters. The number of amides is 1. The lowest BCUT2D eigenvalue weighted by atomic mass is 10.1. The van der Waals surface area contributed by atoms with E-state index in [0.29, 0.717) is 10.5 Å². The number of aliphatic carboxylic acids is 2. The molecule has 120 valence electrons. The number of hydrogen-bond acceptors (Lipinski definition) is 7. The second-order valence-electron chi connectivity index (χ2n) is 4.52. The van der Waals surface area contributed by atoms with Gasteiger partial charge in [0.05, 0.1) is 16.9 Å². The second-order valence-corrected chi connectivity index (χ2v) is 6.19. The summed E-state index contributed by atoms with van der Waals surface area (Å²) in [6.45, 7) is 0. The molecule has 0 aliphatic carbocycles. The van der Waals surface area contributed by atoms with Crippen LogP contribution < -0.4 is 10.2 Å². The third-order valence-electron chi connectivity index (χ3n) is 2.91. The van der Waals surface area contributed by atoms with Gasteiger partial charge in [-0.05, 0) is 23.8 Å². The highest BCUT2D eigenvalue weighted by atomic mass is 32.2. The van der Waals surface area contributed by atoms with E-state index in [1.54, 1.807) is 6.07 Å². The average Bonchev–Trinajstić information content (AvgIpc) is 2.71. The van der Waals surface area contributed by atoms with Crippen LogP contribution >= 0.6 is 24.0 Å². The van der Waals surface area contributed by atoms with Crippen LogP contribution in [0.4, 0.5) is 4.39 Å². The maximum atomic E-state index is 13.2. The van der Waals surface area contributed by atoms with Gasteiger partial charge >= 0.3 is 0 Å². The molecule has 0 radical (unpaired) electrons. The Labute approximate surface area is 139 Å². The standard InChI is InChI=1S/C14H10FNO5S2/c15-8-3-1-2-7(4-8)5-10-12(19)16(14(22)23-10)9(13(20)21)6-11(17)18/h1-5,9H,6H2,(H,17,18)(H,20,21)/p-2/b10-5+/t9-/m1/s1. The molecule has 1 saturated heterocycles. The van der Waals surface area contributed by atoms with E-state index < -0.39 is 36.1 Å². The molecular formula is C14H8FNO5S2-2. The molecule has 1 aromatic carbocycles. The van der Waals surface area contributed by atoms with Gasteiger partial charge in [-0.15, -0.1) is 0 Å². The molecule has 1 aliphatic heterocycles. The summed E-state index contributed by atoms with van der Waals surface area (Å²) >= 11 is 5.73. The highest BCUT2D eigenvalue weighted by molar-refractivity contribution is 8.26. The average molecular weight is 353 g/mol. The zero-order valence-corrected chi connectivity index (χ0v) is 13.0. The number of carbonyl (C=O) groups is 3. The van der Waals surface area contributed by atoms with E-state index in [1.165, 1.54) is 24.3 Å². The molecule has 0 aromatic heterocycles. The maximum absolute atomic E-state index is 13.2. The minimum Gasteiger partial charge on any atom is -0.550 e. The number of rotatable bonds is 5. The molecule has 0 bridgehead atoms. The van der Waals surface area contributed by atoms with Crippen LogP contribution in [0.3, 0.4) is 0 Å². The van der Waals surface area contributed by atoms with Gasteiger partial charge in [0.25, 0.3) is 5.91 Å². The molecule has 1 aromatic rings. The molecule has 1 heterocycles. The van der Waals surface area contributed by atoms with Crippen molar-refractivity contribution in [3.63, 3.8) is 0 Å². The second kappa shape index (κ2) is 6.88. The Morgan fingerprint density at radius 1 is 1.39 bits per heavy atom. The SMILES string of the molecule is O=C([O-])C[C@H](C(=O)[O-])N1C(=O)/C(=C\c2cccc(F)c2)SC1=S. The van der Waals surface area contributed by atoms with Gasteiger partial charge in [-0.1, -0.05) is 36.1 Å². The fourth-order valence-electron chi connectivity index (χ4n) is 1.93. The number of thiocarbonyl (C=S) groups is 1. The summed E-state index contributed by atoms with van der Waals surface area (Å²) in [6, 6.07) is 3.65. The summed E-state index contributed by atoms with van der Waals surface area (Å²) in [5, 5.41) is 21.7. The summed E-state index contributed by atoms with van der Waals surface area (Å²) in [7, 11) is 0. The van der Waals surface area contributed by atoms with Gasteiger partial charge in [0.2, 0.25) is 0 Å². The van der Waals surface area contributed by atoms with Crippen LogP contribution in [-0.4, -0.2) is 33.1 Å². The number of carbonyl (C=O) groups excluding carboxylic acids is 3. The van der Waals surface area contributed by atoms with E-state index in [-0.39, 0.29) is 9.23 Å².